The van der Waals surface area contributed by atoms with Crippen LogP contribution in [0.1, 0.15) is 19.3 Å². The fraction of sp³-hybridized carbons (Fsp3) is 0.875. The van der Waals surface area contributed by atoms with Crippen LogP contribution in [0.15, 0.2) is 0 Å². The molecule has 1 amide bonds. The van der Waals surface area contributed by atoms with Crippen LogP contribution >= 0.6 is 0 Å². The predicted octanol–water partition coefficient (Wildman–Crippen LogP) is -0.454. The minimum absolute atomic E-state index is 0.213. The summed E-state index contributed by atoms with van der Waals surface area (Å²) in [6.07, 6.45) is 3.51. The lowest BCUT2D eigenvalue weighted by Crippen LogP contribution is -2.50. The molecule has 1 saturated heterocycles. The minimum Gasteiger partial charge on any atom is -0.358 e. The van der Waals surface area contributed by atoms with Crippen molar-refractivity contribution in [1.82, 2.24) is 9.62 Å². The van der Waals surface area contributed by atoms with E-state index in [1.165, 1.54) is 11.4 Å². The molecule has 0 aromatic heterocycles. The third-order valence-electron chi connectivity index (χ3n) is 2.43. The van der Waals surface area contributed by atoms with Crippen LogP contribution in [0.4, 0.5) is 0 Å². The molecule has 0 bridgehead atoms. The molecule has 0 aliphatic carbocycles. The van der Waals surface area contributed by atoms with E-state index in [9.17, 15) is 13.2 Å². The van der Waals surface area contributed by atoms with Gasteiger partial charge in [0.05, 0.1) is 6.26 Å². The molecule has 1 aliphatic rings. The minimum atomic E-state index is -3.26. The first-order chi connectivity index (χ1) is 6.46. The number of hydrogen-bond donors (Lipinski definition) is 1. The van der Waals surface area contributed by atoms with Crippen LogP contribution in [0.3, 0.4) is 0 Å². The number of carbonyl (C=O) groups excluding carboxylic acids is 1. The average Bonchev–Trinajstić information content (AvgIpc) is 2.15. The van der Waals surface area contributed by atoms with Crippen molar-refractivity contribution in [3.8, 4) is 0 Å². The van der Waals surface area contributed by atoms with Crippen LogP contribution < -0.4 is 5.32 Å². The van der Waals surface area contributed by atoms with Crippen LogP contribution in [-0.2, 0) is 14.8 Å². The molecule has 6 heteroatoms. The van der Waals surface area contributed by atoms with Gasteiger partial charge in [-0.3, -0.25) is 4.79 Å². The van der Waals surface area contributed by atoms with Gasteiger partial charge >= 0.3 is 0 Å². The molecular formula is C8H16N2O3S. The normalized spacial score (nSPS) is 24.6. The van der Waals surface area contributed by atoms with Crippen molar-refractivity contribution in [2.45, 2.75) is 25.3 Å². The van der Waals surface area contributed by atoms with E-state index in [0.717, 1.165) is 19.1 Å². The summed E-state index contributed by atoms with van der Waals surface area (Å²) in [4.78, 5) is 11.4. The Bertz CT molecular complexity index is 313. The molecular weight excluding hydrogens is 204 g/mol. The lowest BCUT2D eigenvalue weighted by atomic mass is 10.0. The number of sulfonamides is 1. The molecule has 1 heterocycles. The highest BCUT2D eigenvalue weighted by Gasteiger charge is 2.33. The van der Waals surface area contributed by atoms with Gasteiger partial charge in [0.1, 0.15) is 6.04 Å². The van der Waals surface area contributed by atoms with Gasteiger partial charge in [0.25, 0.3) is 0 Å². The van der Waals surface area contributed by atoms with Gasteiger partial charge in [0, 0.05) is 13.6 Å². The molecule has 1 rings (SSSR count). The Kier molecular flexibility index (Phi) is 3.49. The summed E-state index contributed by atoms with van der Waals surface area (Å²) < 4.78 is 24.0. The van der Waals surface area contributed by atoms with Gasteiger partial charge in [-0.25, -0.2) is 8.42 Å². The van der Waals surface area contributed by atoms with Gasteiger partial charge in [-0.1, -0.05) is 6.42 Å². The summed E-state index contributed by atoms with van der Waals surface area (Å²) >= 11 is 0. The summed E-state index contributed by atoms with van der Waals surface area (Å²) in [6.45, 7) is 0.455. The highest BCUT2D eigenvalue weighted by atomic mass is 32.2. The summed E-state index contributed by atoms with van der Waals surface area (Å²) in [5, 5.41) is 2.49. The zero-order valence-electron chi connectivity index (χ0n) is 8.49. The smallest absolute Gasteiger partial charge is 0.238 e. The van der Waals surface area contributed by atoms with Gasteiger partial charge in [-0.15, -0.1) is 0 Å². The van der Waals surface area contributed by atoms with E-state index >= 15 is 0 Å². The monoisotopic (exact) mass is 220 g/mol. The summed E-state index contributed by atoms with van der Waals surface area (Å²) in [6, 6.07) is -0.510. The Morgan fingerprint density at radius 3 is 2.57 bits per heavy atom. The molecule has 14 heavy (non-hydrogen) atoms. The molecule has 0 unspecified atom stereocenters. The first kappa shape index (κ1) is 11.5. The second-order valence-corrected chi connectivity index (χ2v) is 5.43. The van der Waals surface area contributed by atoms with Gasteiger partial charge in [-0.05, 0) is 12.8 Å². The van der Waals surface area contributed by atoms with E-state index in [1.54, 1.807) is 0 Å². The van der Waals surface area contributed by atoms with Crippen molar-refractivity contribution < 1.29 is 13.2 Å². The molecule has 1 atom stereocenters. The van der Waals surface area contributed by atoms with E-state index in [2.05, 4.69) is 5.32 Å². The quantitative estimate of drug-likeness (QED) is 0.685. The maximum atomic E-state index is 11.4. The van der Waals surface area contributed by atoms with Gasteiger partial charge in [-0.2, -0.15) is 4.31 Å². The third-order valence-corrected chi connectivity index (χ3v) is 3.72. The summed E-state index contributed by atoms with van der Waals surface area (Å²) in [5.41, 5.74) is 0. The van der Waals surface area contributed by atoms with Crippen molar-refractivity contribution in [2.75, 3.05) is 19.8 Å². The van der Waals surface area contributed by atoms with Crippen molar-refractivity contribution in [3.05, 3.63) is 0 Å². The first-order valence-corrected chi connectivity index (χ1v) is 6.50. The van der Waals surface area contributed by atoms with Crippen molar-refractivity contribution in [1.29, 1.82) is 0 Å². The number of nitrogens with zero attached hydrogens (tertiary/aromatic N) is 1. The molecule has 0 radical (unpaired) electrons. The highest BCUT2D eigenvalue weighted by Crippen LogP contribution is 2.19. The fourth-order valence-electron chi connectivity index (χ4n) is 1.73. The molecule has 1 N–H and O–H groups in total. The van der Waals surface area contributed by atoms with Gasteiger partial charge < -0.3 is 5.32 Å². The lowest BCUT2D eigenvalue weighted by Gasteiger charge is -2.32. The number of likely N-dealkylation sites (N-methyl/N-ethyl adjacent to an activating group) is 1. The van der Waals surface area contributed by atoms with E-state index in [-0.39, 0.29) is 5.91 Å². The second-order valence-electron chi connectivity index (χ2n) is 3.50. The van der Waals surface area contributed by atoms with E-state index < -0.39 is 16.1 Å². The Labute approximate surface area is 84.5 Å². The molecule has 82 valence electrons. The number of hydrogen-bond acceptors (Lipinski definition) is 3. The average molecular weight is 220 g/mol. The number of rotatable bonds is 2. The first-order valence-electron chi connectivity index (χ1n) is 4.65. The van der Waals surface area contributed by atoms with Crippen LogP contribution in [0, 0.1) is 0 Å². The summed E-state index contributed by atoms with van der Waals surface area (Å²) in [5.74, 6) is -0.213. The zero-order valence-corrected chi connectivity index (χ0v) is 9.30. The molecule has 0 aromatic carbocycles. The third kappa shape index (κ3) is 2.45. The molecule has 1 aliphatic heterocycles. The van der Waals surface area contributed by atoms with Crippen molar-refractivity contribution in [3.63, 3.8) is 0 Å². The van der Waals surface area contributed by atoms with Crippen LogP contribution in [0.2, 0.25) is 0 Å². The molecule has 1 fully saturated rings. The Morgan fingerprint density at radius 1 is 1.43 bits per heavy atom. The standard InChI is InChI=1S/C8H16N2O3S/c1-9-8(11)7-5-3-4-6-10(7)14(2,12)13/h7H,3-6H2,1-2H3,(H,9,11)/t7-/m0/s1. The van der Waals surface area contributed by atoms with Crippen molar-refractivity contribution in [2.24, 2.45) is 0 Å². The largest absolute Gasteiger partial charge is 0.358 e. The highest BCUT2D eigenvalue weighted by molar-refractivity contribution is 7.88. The Morgan fingerprint density at radius 2 is 2.07 bits per heavy atom. The van der Waals surface area contributed by atoms with Crippen molar-refractivity contribution >= 4 is 15.9 Å². The van der Waals surface area contributed by atoms with E-state index in [4.69, 9.17) is 0 Å². The van der Waals surface area contributed by atoms with Crippen LogP contribution in [0.25, 0.3) is 0 Å². The van der Waals surface area contributed by atoms with E-state index in [0.29, 0.717) is 13.0 Å². The molecule has 5 nitrogen and oxygen atoms in total. The summed E-state index contributed by atoms with van der Waals surface area (Å²) in [7, 11) is -1.73. The fourth-order valence-corrected chi connectivity index (χ4v) is 2.85. The molecule has 0 saturated carbocycles. The van der Waals surface area contributed by atoms with Crippen LogP contribution in [0.5, 0.6) is 0 Å². The predicted molar refractivity (Wildman–Crippen MR) is 53.3 cm³/mol. The maximum absolute atomic E-state index is 11.4. The van der Waals surface area contributed by atoms with Gasteiger partial charge in [0.2, 0.25) is 15.9 Å². The number of amides is 1. The Hall–Kier alpha value is -0.620. The number of carbonyl (C=O) groups is 1. The maximum Gasteiger partial charge on any atom is 0.238 e. The van der Waals surface area contributed by atoms with Gasteiger partial charge in [0.15, 0.2) is 0 Å². The SMILES string of the molecule is CNC(=O)[C@@H]1CCCCN1S(C)(=O)=O. The van der Waals surface area contributed by atoms with E-state index in [1.807, 2.05) is 0 Å². The Balaban J connectivity index is 2.85. The number of piperidine rings is 1. The lowest BCUT2D eigenvalue weighted by molar-refractivity contribution is -0.125. The second kappa shape index (κ2) is 4.27. The molecule has 0 spiro atoms. The topological polar surface area (TPSA) is 66.5 Å². The van der Waals surface area contributed by atoms with Crippen LogP contribution in [-0.4, -0.2) is 44.5 Å². The number of nitrogens with one attached hydrogen (secondary N) is 1. The zero-order chi connectivity index (χ0) is 10.8. The molecule has 0 aromatic rings.